The molecule has 0 saturated carbocycles. The average molecular weight is 235 g/mol. The quantitative estimate of drug-likeness (QED) is 0.495. The zero-order chi connectivity index (χ0) is 9.84. The summed E-state index contributed by atoms with van der Waals surface area (Å²) in [5.74, 6) is 0. The lowest BCUT2D eigenvalue weighted by Crippen LogP contribution is -2.07. The lowest BCUT2D eigenvalue weighted by molar-refractivity contribution is -0.380. The molecular formula is C8H11ClN2O2S. The van der Waals surface area contributed by atoms with E-state index in [2.05, 4.69) is 6.58 Å². The van der Waals surface area contributed by atoms with Crippen LogP contribution in [0.3, 0.4) is 0 Å². The van der Waals surface area contributed by atoms with Crippen molar-refractivity contribution in [3.63, 3.8) is 0 Å². The highest BCUT2D eigenvalue weighted by Crippen LogP contribution is 2.27. The minimum Gasteiger partial charge on any atom is -0.324 e. The number of hydrogen-bond acceptors (Lipinski definition) is 4. The maximum absolute atomic E-state index is 10.3. The summed E-state index contributed by atoms with van der Waals surface area (Å²) in [6.07, 6.45) is 2.34. The van der Waals surface area contributed by atoms with Crippen LogP contribution in [-0.2, 0) is 0 Å². The Labute approximate surface area is 92.0 Å². The number of thiophene rings is 1. The summed E-state index contributed by atoms with van der Waals surface area (Å²) < 4.78 is 0. The number of rotatable bonds is 4. The van der Waals surface area contributed by atoms with Crippen LogP contribution in [0.1, 0.15) is 18.0 Å². The minimum atomic E-state index is -0.408. The first-order valence-electron chi connectivity index (χ1n) is 3.74. The molecule has 78 valence electrons. The van der Waals surface area contributed by atoms with E-state index in [4.69, 9.17) is 5.73 Å². The van der Waals surface area contributed by atoms with Crippen molar-refractivity contribution in [2.24, 2.45) is 5.73 Å². The van der Waals surface area contributed by atoms with Crippen LogP contribution in [0.15, 0.2) is 24.1 Å². The van der Waals surface area contributed by atoms with Crippen LogP contribution in [0.2, 0.25) is 0 Å². The van der Waals surface area contributed by atoms with E-state index >= 15 is 0 Å². The number of halogens is 1. The Kier molecular flexibility index (Phi) is 5.37. The lowest BCUT2D eigenvalue weighted by atomic mass is 10.1. The minimum absolute atomic E-state index is 0. The van der Waals surface area contributed by atoms with Crippen molar-refractivity contribution in [2.75, 3.05) is 0 Å². The molecule has 0 unspecified atom stereocenters. The van der Waals surface area contributed by atoms with Crippen molar-refractivity contribution in [2.45, 2.75) is 12.5 Å². The fraction of sp³-hybridized carbons (Fsp3) is 0.250. The zero-order valence-corrected chi connectivity index (χ0v) is 9.01. The van der Waals surface area contributed by atoms with Gasteiger partial charge in [0, 0.05) is 17.5 Å². The van der Waals surface area contributed by atoms with E-state index in [1.165, 1.54) is 6.07 Å². The molecule has 0 aromatic carbocycles. The number of nitrogens with zero attached hydrogens (tertiary/aromatic N) is 1. The first-order chi connectivity index (χ1) is 6.15. The van der Waals surface area contributed by atoms with E-state index in [0.717, 1.165) is 16.9 Å². The molecule has 0 aliphatic carbocycles. The highest BCUT2D eigenvalue weighted by atomic mass is 35.5. The molecule has 1 aromatic rings. The van der Waals surface area contributed by atoms with Crippen LogP contribution >= 0.6 is 23.7 Å². The molecule has 1 atom stereocenters. The molecule has 0 spiro atoms. The number of nitrogens with two attached hydrogens (primary N) is 1. The third-order valence-electron chi connectivity index (χ3n) is 1.63. The van der Waals surface area contributed by atoms with Crippen molar-refractivity contribution >= 4 is 28.7 Å². The van der Waals surface area contributed by atoms with Crippen molar-refractivity contribution in [1.29, 1.82) is 0 Å². The average Bonchev–Trinajstić information content (AvgIpc) is 2.52. The maximum atomic E-state index is 10.3. The molecule has 0 saturated heterocycles. The van der Waals surface area contributed by atoms with Gasteiger partial charge < -0.3 is 5.73 Å². The zero-order valence-electron chi connectivity index (χ0n) is 7.38. The molecule has 4 nitrogen and oxygen atoms in total. The second kappa shape index (κ2) is 5.74. The SMILES string of the molecule is C=CC[C@@H](N)c1csc([N+](=O)[O-])c1.Cl. The van der Waals surface area contributed by atoms with Crippen molar-refractivity contribution in [1.82, 2.24) is 0 Å². The Morgan fingerprint density at radius 2 is 2.43 bits per heavy atom. The van der Waals surface area contributed by atoms with E-state index in [0.29, 0.717) is 6.42 Å². The summed E-state index contributed by atoms with van der Waals surface area (Å²) in [6.45, 7) is 3.56. The van der Waals surface area contributed by atoms with Gasteiger partial charge in [0.15, 0.2) is 0 Å². The highest BCUT2D eigenvalue weighted by molar-refractivity contribution is 7.13. The Balaban J connectivity index is 0.00000169. The van der Waals surface area contributed by atoms with Crippen molar-refractivity contribution in [3.8, 4) is 0 Å². The molecule has 14 heavy (non-hydrogen) atoms. The fourth-order valence-electron chi connectivity index (χ4n) is 0.945. The van der Waals surface area contributed by atoms with E-state index in [1.54, 1.807) is 11.5 Å². The Bertz CT molecular complexity index is 327. The van der Waals surface area contributed by atoms with Gasteiger partial charge in [-0.15, -0.1) is 19.0 Å². The van der Waals surface area contributed by atoms with E-state index in [9.17, 15) is 10.1 Å². The van der Waals surface area contributed by atoms with Gasteiger partial charge in [-0.25, -0.2) is 0 Å². The monoisotopic (exact) mass is 234 g/mol. The van der Waals surface area contributed by atoms with Gasteiger partial charge in [0.05, 0.1) is 4.92 Å². The van der Waals surface area contributed by atoms with Crippen LogP contribution in [0, 0.1) is 10.1 Å². The lowest BCUT2D eigenvalue weighted by Gasteiger charge is -2.03. The summed E-state index contributed by atoms with van der Waals surface area (Å²) in [7, 11) is 0. The van der Waals surface area contributed by atoms with Crippen LogP contribution in [0.5, 0.6) is 0 Å². The molecule has 0 bridgehead atoms. The van der Waals surface area contributed by atoms with Gasteiger partial charge in [-0.05, 0) is 12.0 Å². The first-order valence-corrected chi connectivity index (χ1v) is 4.62. The van der Waals surface area contributed by atoms with Crippen LogP contribution < -0.4 is 5.73 Å². The van der Waals surface area contributed by atoms with Gasteiger partial charge in [-0.1, -0.05) is 17.4 Å². The van der Waals surface area contributed by atoms with Crippen LogP contribution in [0.4, 0.5) is 5.00 Å². The predicted molar refractivity (Wildman–Crippen MR) is 60.0 cm³/mol. The Morgan fingerprint density at radius 1 is 1.79 bits per heavy atom. The molecule has 1 heterocycles. The molecule has 1 rings (SSSR count). The highest BCUT2D eigenvalue weighted by Gasteiger charge is 2.13. The smallest absolute Gasteiger partial charge is 0.324 e. The number of hydrogen-bond donors (Lipinski definition) is 1. The Morgan fingerprint density at radius 3 is 2.86 bits per heavy atom. The maximum Gasteiger partial charge on any atom is 0.324 e. The summed E-state index contributed by atoms with van der Waals surface area (Å²) in [6, 6.07) is 1.33. The topological polar surface area (TPSA) is 69.2 Å². The third kappa shape index (κ3) is 3.10. The van der Waals surface area contributed by atoms with E-state index < -0.39 is 4.92 Å². The first kappa shape index (κ1) is 13.1. The summed E-state index contributed by atoms with van der Waals surface area (Å²) in [4.78, 5) is 9.94. The third-order valence-corrected chi connectivity index (χ3v) is 2.53. The van der Waals surface area contributed by atoms with Crippen molar-refractivity contribution < 1.29 is 4.92 Å². The molecular weight excluding hydrogens is 224 g/mol. The largest absolute Gasteiger partial charge is 0.324 e. The van der Waals surface area contributed by atoms with Gasteiger partial charge in [-0.3, -0.25) is 10.1 Å². The molecule has 0 aliphatic heterocycles. The predicted octanol–water partition coefficient (Wildman–Crippen LogP) is 2.65. The molecule has 0 aliphatic rings. The normalized spacial score (nSPS) is 11.5. The second-order valence-corrected chi connectivity index (χ2v) is 3.50. The van der Waals surface area contributed by atoms with E-state index in [1.807, 2.05) is 0 Å². The molecule has 0 amide bonds. The van der Waals surface area contributed by atoms with Gasteiger partial charge in [0.25, 0.3) is 0 Å². The van der Waals surface area contributed by atoms with Crippen LogP contribution in [-0.4, -0.2) is 4.92 Å². The summed E-state index contributed by atoms with van der Waals surface area (Å²) in [5.41, 5.74) is 6.53. The second-order valence-electron chi connectivity index (χ2n) is 2.61. The van der Waals surface area contributed by atoms with Gasteiger partial charge in [0.1, 0.15) is 0 Å². The molecule has 6 heteroatoms. The molecule has 1 aromatic heterocycles. The summed E-state index contributed by atoms with van der Waals surface area (Å²) >= 11 is 1.10. The van der Waals surface area contributed by atoms with Gasteiger partial charge in [-0.2, -0.15) is 0 Å². The van der Waals surface area contributed by atoms with Crippen molar-refractivity contribution in [3.05, 3.63) is 39.8 Å². The van der Waals surface area contributed by atoms with Crippen LogP contribution in [0.25, 0.3) is 0 Å². The fourth-order valence-corrected chi connectivity index (χ4v) is 1.73. The summed E-state index contributed by atoms with van der Waals surface area (Å²) in [5, 5.41) is 12.2. The molecule has 0 radical (unpaired) electrons. The Hall–Kier alpha value is -0.910. The van der Waals surface area contributed by atoms with Gasteiger partial charge >= 0.3 is 5.00 Å². The molecule has 0 fully saturated rings. The standard InChI is InChI=1S/C8H10N2O2S.ClH/c1-2-3-7(9)6-4-8(10(11)12)13-5-6;/h2,4-5,7H,1,3,9H2;1H/t7-;/m1./s1. The number of nitro groups is 1. The molecule has 2 N–H and O–H groups in total. The van der Waals surface area contributed by atoms with E-state index in [-0.39, 0.29) is 23.4 Å². The van der Waals surface area contributed by atoms with Gasteiger partial charge in [0.2, 0.25) is 0 Å².